The number of esters is 1. The number of benzene rings is 1. The van der Waals surface area contributed by atoms with E-state index in [9.17, 15) is 9.90 Å². The number of phenols is 1. The predicted octanol–water partition coefficient (Wildman–Crippen LogP) is 2.62. The number of ether oxygens (including phenoxy) is 1. The van der Waals surface area contributed by atoms with Crippen molar-refractivity contribution in [2.24, 2.45) is 0 Å². The molecule has 0 aliphatic carbocycles. The summed E-state index contributed by atoms with van der Waals surface area (Å²) in [6.07, 6.45) is 3.00. The Morgan fingerprint density at radius 3 is 2.96 bits per heavy atom. The van der Waals surface area contributed by atoms with Crippen molar-refractivity contribution < 1.29 is 14.6 Å². The number of hydrogen-bond acceptors (Lipinski definition) is 6. The van der Waals surface area contributed by atoms with Gasteiger partial charge in [-0.2, -0.15) is 10.1 Å². The van der Waals surface area contributed by atoms with Gasteiger partial charge >= 0.3 is 5.97 Å². The SMILES string of the molecule is CCCC1=C(C(=O)OCC)[C@@H](c2cccc(O)c2)n2ncnc2N1. The molecule has 1 aromatic heterocycles. The van der Waals surface area contributed by atoms with Gasteiger partial charge < -0.3 is 15.2 Å². The van der Waals surface area contributed by atoms with Crippen LogP contribution in [0.2, 0.25) is 0 Å². The van der Waals surface area contributed by atoms with E-state index in [0.29, 0.717) is 24.5 Å². The lowest BCUT2D eigenvalue weighted by Gasteiger charge is -2.29. The first-order valence-electron chi connectivity index (χ1n) is 8.01. The Morgan fingerprint density at radius 2 is 2.25 bits per heavy atom. The first-order chi connectivity index (χ1) is 11.7. The molecule has 1 aromatic carbocycles. The summed E-state index contributed by atoms with van der Waals surface area (Å²) in [5.74, 6) is 0.315. The minimum atomic E-state index is -0.489. The molecular weight excluding hydrogens is 308 g/mol. The van der Waals surface area contributed by atoms with Gasteiger partial charge in [0.2, 0.25) is 5.95 Å². The van der Waals surface area contributed by atoms with Crippen molar-refractivity contribution in [3.63, 3.8) is 0 Å². The number of carbonyl (C=O) groups is 1. The number of nitrogens with one attached hydrogen (secondary N) is 1. The highest BCUT2D eigenvalue weighted by molar-refractivity contribution is 5.92. The van der Waals surface area contributed by atoms with E-state index < -0.39 is 6.04 Å². The molecule has 3 rings (SSSR count). The largest absolute Gasteiger partial charge is 0.508 e. The third-order valence-electron chi connectivity index (χ3n) is 3.86. The molecule has 0 saturated carbocycles. The van der Waals surface area contributed by atoms with Gasteiger partial charge in [-0.05, 0) is 31.0 Å². The van der Waals surface area contributed by atoms with Crippen molar-refractivity contribution >= 4 is 11.9 Å². The Morgan fingerprint density at radius 1 is 1.42 bits per heavy atom. The summed E-state index contributed by atoms with van der Waals surface area (Å²) in [7, 11) is 0. The zero-order valence-electron chi connectivity index (χ0n) is 13.7. The van der Waals surface area contributed by atoms with E-state index >= 15 is 0 Å². The molecule has 0 radical (unpaired) electrons. The van der Waals surface area contributed by atoms with E-state index in [1.54, 1.807) is 29.8 Å². The average Bonchev–Trinajstić information content (AvgIpc) is 3.02. The van der Waals surface area contributed by atoms with Gasteiger partial charge in [-0.15, -0.1) is 0 Å². The molecule has 1 atom stereocenters. The van der Waals surface area contributed by atoms with Crippen LogP contribution in [0.5, 0.6) is 5.75 Å². The summed E-state index contributed by atoms with van der Waals surface area (Å²) < 4.78 is 6.91. The first-order valence-corrected chi connectivity index (χ1v) is 8.01. The third-order valence-corrected chi connectivity index (χ3v) is 3.86. The Bertz CT molecular complexity index is 782. The Labute approximate surface area is 140 Å². The van der Waals surface area contributed by atoms with Gasteiger partial charge in [0.25, 0.3) is 0 Å². The summed E-state index contributed by atoms with van der Waals surface area (Å²) in [5, 5.41) is 17.3. The number of fused-ring (bicyclic) bond motifs is 1. The molecule has 0 saturated heterocycles. The van der Waals surface area contributed by atoms with Gasteiger partial charge in [0.1, 0.15) is 18.1 Å². The number of hydrogen-bond donors (Lipinski definition) is 2. The van der Waals surface area contributed by atoms with Crippen LogP contribution < -0.4 is 5.32 Å². The van der Waals surface area contributed by atoms with Crippen LogP contribution in [0.1, 0.15) is 38.3 Å². The number of aromatic nitrogens is 3. The number of phenolic OH excluding ortho intramolecular Hbond substituents is 1. The summed E-state index contributed by atoms with van der Waals surface area (Å²) in [4.78, 5) is 16.9. The molecule has 0 bridgehead atoms. The van der Waals surface area contributed by atoms with Gasteiger partial charge in [0.15, 0.2) is 0 Å². The Balaban J connectivity index is 2.17. The molecule has 2 heterocycles. The molecule has 7 heteroatoms. The minimum Gasteiger partial charge on any atom is -0.508 e. The number of anilines is 1. The third kappa shape index (κ3) is 2.84. The van der Waals surface area contributed by atoms with Crippen LogP contribution in [-0.4, -0.2) is 32.4 Å². The van der Waals surface area contributed by atoms with E-state index in [2.05, 4.69) is 15.4 Å². The standard InChI is InChI=1S/C17H20N4O3/c1-3-6-13-14(16(23)24-4-2)15(11-7-5-8-12(22)9-11)21-17(20-13)18-10-19-21/h5,7-10,15,22H,3-4,6H2,1-2H3,(H,18,19,20)/t15-/m1/s1. The highest BCUT2D eigenvalue weighted by Crippen LogP contribution is 2.37. The normalized spacial score (nSPS) is 16.5. The lowest BCUT2D eigenvalue weighted by molar-refractivity contribution is -0.139. The molecular formula is C17H20N4O3. The zero-order valence-corrected chi connectivity index (χ0v) is 13.7. The number of allylic oxidation sites excluding steroid dienone is 1. The lowest BCUT2D eigenvalue weighted by Crippen LogP contribution is -2.30. The average molecular weight is 328 g/mol. The molecule has 0 amide bonds. The molecule has 1 aliphatic heterocycles. The van der Waals surface area contributed by atoms with Gasteiger partial charge in [-0.25, -0.2) is 9.48 Å². The van der Waals surface area contributed by atoms with Crippen LogP contribution in [0.4, 0.5) is 5.95 Å². The fourth-order valence-electron chi connectivity index (χ4n) is 2.91. The van der Waals surface area contributed by atoms with Gasteiger partial charge in [-0.3, -0.25) is 0 Å². The number of rotatable bonds is 5. The fourth-order valence-corrected chi connectivity index (χ4v) is 2.91. The van der Waals surface area contributed by atoms with Crippen LogP contribution in [0, 0.1) is 0 Å². The maximum absolute atomic E-state index is 12.6. The van der Waals surface area contributed by atoms with E-state index in [4.69, 9.17) is 4.74 Å². The second-order valence-electron chi connectivity index (χ2n) is 5.51. The van der Waals surface area contributed by atoms with E-state index in [1.165, 1.54) is 6.33 Å². The molecule has 0 fully saturated rings. The van der Waals surface area contributed by atoms with Crippen molar-refractivity contribution in [2.45, 2.75) is 32.7 Å². The topological polar surface area (TPSA) is 89.3 Å². The quantitative estimate of drug-likeness (QED) is 0.820. The van der Waals surface area contributed by atoms with Crippen molar-refractivity contribution in [3.05, 3.63) is 47.4 Å². The first kappa shape index (κ1) is 16.0. The summed E-state index contributed by atoms with van der Waals surface area (Å²) in [6, 6.07) is 6.32. The Hall–Kier alpha value is -2.83. The number of carbonyl (C=O) groups excluding carboxylic acids is 1. The highest BCUT2D eigenvalue weighted by Gasteiger charge is 2.35. The molecule has 7 nitrogen and oxygen atoms in total. The molecule has 0 unspecified atom stereocenters. The molecule has 2 N–H and O–H groups in total. The Kier molecular flexibility index (Phi) is 4.50. The van der Waals surface area contributed by atoms with Crippen LogP contribution in [0.15, 0.2) is 41.9 Å². The summed E-state index contributed by atoms with van der Waals surface area (Å²) in [5.41, 5.74) is 2.03. The molecule has 1 aliphatic rings. The van der Waals surface area contributed by atoms with E-state index in [0.717, 1.165) is 17.7 Å². The second kappa shape index (κ2) is 6.74. The van der Waals surface area contributed by atoms with Crippen molar-refractivity contribution in [2.75, 3.05) is 11.9 Å². The molecule has 24 heavy (non-hydrogen) atoms. The monoisotopic (exact) mass is 328 g/mol. The van der Waals surface area contributed by atoms with Gasteiger partial charge in [0.05, 0.1) is 12.2 Å². The fraction of sp³-hybridized carbons (Fsp3) is 0.353. The summed E-state index contributed by atoms with van der Waals surface area (Å²) in [6.45, 7) is 4.11. The predicted molar refractivity (Wildman–Crippen MR) is 88.5 cm³/mol. The van der Waals surface area contributed by atoms with Crippen molar-refractivity contribution in [3.8, 4) is 5.75 Å². The van der Waals surface area contributed by atoms with Crippen LogP contribution >= 0.6 is 0 Å². The van der Waals surface area contributed by atoms with Gasteiger partial charge in [-0.1, -0.05) is 25.5 Å². The maximum Gasteiger partial charge on any atom is 0.338 e. The molecule has 126 valence electrons. The van der Waals surface area contributed by atoms with Crippen molar-refractivity contribution in [1.82, 2.24) is 14.8 Å². The second-order valence-corrected chi connectivity index (χ2v) is 5.51. The smallest absolute Gasteiger partial charge is 0.338 e. The maximum atomic E-state index is 12.6. The summed E-state index contributed by atoms with van der Waals surface area (Å²) >= 11 is 0. The van der Waals surface area contributed by atoms with Gasteiger partial charge in [0, 0.05) is 5.70 Å². The van der Waals surface area contributed by atoms with Crippen LogP contribution in [-0.2, 0) is 9.53 Å². The minimum absolute atomic E-state index is 0.132. The number of aromatic hydroxyl groups is 1. The van der Waals surface area contributed by atoms with Crippen molar-refractivity contribution in [1.29, 1.82) is 0 Å². The highest BCUT2D eigenvalue weighted by atomic mass is 16.5. The molecule has 2 aromatic rings. The van der Waals surface area contributed by atoms with Crippen LogP contribution in [0.3, 0.4) is 0 Å². The van der Waals surface area contributed by atoms with E-state index in [-0.39, 0.29) is 11.7 Å². The molecule has 0 spiro atoms. The van der Waals surface area contributed by atoms with E-state index in [1.807, 2.05) is 13.0 Å². The lowest BCUT2D eigenvalue weighted by atomic mass is 9.94. The van der Waals surface area contributed by atoms with Crippen LogP contribution in [0.25, 0.3) is 0 Å². The number of nitrogens with zero attached hydrogens (tertiary/aromatic N) is 3. The zero-order chi connectivity index (χ0) is 17.1.